The summed E-state index contributed by atoms with van der Waals surface area (Å²) in [5, 5.41) is 9.58. The number of hydrogen-bond donors (Lipinski definition) is 1. The first-order chi connectivity index (χ1) is 9.79. The van der Waals surface area contributed by atoms with Crippen molar-refractivity contribution in [1.29, 1.82) is 0 Å². The number of benzene rings is 2. The summed E-state index contributed by atoms with van der Waals surface area (Å²) in [5.41, 5.74) is 0.276. The van der Waals surface area contributed by atoms with Gasteiger partial charge in [-0.05, 0) is 42.0 Å². The van der Waals surface area contributed by atoms with Crippen molar-refractivity contribution in [3.8, 4) is 0 Å². The molecule has 0 saturated carbocycles. The van der Waals surface area contributed by atoms with Gasteiger partial charge in [0.25, 0.3) is 0 Å². The SMILES string of the molecule is O=C(O)c1cccc(S(=O)(=O)Cc2cc(Cl)ccc2Cl)c1. The molecule has 4 nitrogen and oxygen atoms in total. The maximum absolute atomic E-state index is 12.3. The molecule has 0 aliphatic carbocycles. The molecule has 7 heteroatoms. The van der Waals surface area contributed by atoms with Gasteiger partial charge in [-0.2, -0.15) is 0 Å². The van der Waals surface area contributed by atoms with Gasteiger partial charge in [0.05, 0.1) is 16.2 Å². The molecule has 2 rings (SSSR count). The molecule has 0 aliphatic rings. The van der Waals surface area contributed by atoms with Crippen molar-refractivity contribution >= 4 is 39.0 Å². The lowest BCUT2D eigenvalue weighted by Crippen LogP contribution is -2.07. The van der Waals surface area contributed by atoms with Crippen LogP contribution in [0.4, 0.5) is 0 Å². The van der Waals surface area contributed by atoms with Gasteiger partial charge in [0.1, 0.15) is 0 Å². The predicted octanol–water partition coefficient (Wildman–Crippen LogP) is 3.67. The van der Waals surface area contributed by atoms with Gasteiger partial charge in [-0.25, -0.2) is 13.2 Å². The van der Waals surface area contributed by atoms with Gasteiger partial charge in [-0.15, -0.1) is 0 Å². The topological polar surface area (TPSA) is 71.4 Å². The van der Waals surface area contributed by atoms with Crippen LogP contribution in [0.5, 0.6) is 0 Å². The van der Waals surface area contributed by atoms with Gasteiger partial charge in [0.15, 0.2) is 9.84 Å². The van der Waals surface area contributed by atoms with E-state index in [9.17, 15) is 13.2 Å². The molecule has 0 atom stereocenters. The summed E-state index contributed by atoms with van der Waals surface area (Å²) in [6.45, 7) is 0. The monoisotopic (exact) mass is 344 g/mol. The van der Waals surface area contributed by atoms with Crippen molar-refractivity contribution in [2.45, 2.75) is 10.6 Å². The molecular formula is C14H10Cl2O4S. The van der Waals surface area contributed by atoms with Crippen LogP contribution in [0.15, 0.2) is 47.4 Å². The van der Waals surface area contributed by atoms with E-state index in [0.717, 1.165) is 6.07 Å². The molecule has 2 aromatic carbocycles. The van der Waals surface area contributed by atoms with E-state index in [1.165, 1.54) is 30.3 Å². The van der Waals surface area contributed by atoms with E-state index in [1.807, 2.05) is 0 Å². The number of hydrogen-bond acceptors (Lipinski definition) is 3. The van der Waals surface area contributed by atoms with Gasteiger partial charge in [0.2, 0.25) is 0 Å². The molecule has 0 saturated heterocycles. The second kappa shape index (κ2) is 6.05. The van der Waals surface area contributed by atoms with Gasteiger partial charge in [-0.3, -0.25) is 0 Å². The second-order valence-electron chi connectivity index (χ2n) is 4.33. The van der Waals surface area contributed by atoms with Crippen molar-refractivity contribution in [1.82, 2.24) is 0 Å². The molecule has 2 aromatic rings. The van der Waals surface area contributed by atoms with Crippen LogP contribution < -0.4 is 0 Å². The molecule has 0 heterocycles. The van der Waals surface area contributed by atoms with Crippen molar-refractivity contribution < 1.29 is 18.3 Å². The zero-order valence-corrected chi connectivity index (χ0v) is 12.9. The first-order valence-corrected chi connectivity index (χ1v) is 8.20. The Labute approximate surface area is 131 Å². The standard InChI is InChI=1S/C14H10Cl2O4S/c15-11-4-5-13(16)10(6-11)8-21(19,20)12-3-1-2-9(7-12)14(17)18/h1-7H,8H2,(H,17,18). The van der Waals surface area contributed by atoms with E-state index in [-0.39, 0.29) is 21.2 Å². The predicted molar refractivity (Wildman–Crippen MR) is 80.8 cm³/mol. The Morgan fingerprint density at radius 2 is 1.81 bits per heavy atom. The summed E-state index contributed by atoms with van der Waals surface area (Å²) >= 11 is 11.8. The minimum Gasteiger partial charge on any atom is -0.478 e. The Balaban J connectivity index is 2.41. The molecule has 0 bridgehead atoms. The maximum atomic E-state index is 12.3. The molecule has 110 valence electrons. The number of halogens is 2. The average molecular weight is 345 g/mol. The highest BCUT2D eigenvalue weighted by molar-refractivity contribution is 7.90. The van der Waals surface area contributed by atoms with E-state index in [4.69, 9.17) is 28.3 Å². The minimum absolute atomic E-state index is 0.0709. The number of carboxylic acid groups (broad SMARTS) is 1. The first-order valence-electron chi connectivity index (χ1n) is 5.79. The third-order valence-corrected chi connectivity index (χ3v) is 5.06. The average Bonchev–Trinajstić information content (AvgIpc) is 2.43. The van der Waals surface area contributed by atoms with E-state index >= 15 is 0 Å². The molecule has 0 aromatic heterocycles. The Bertz CT molecular complexity index is 800. The lowest BCUT2D eigenvalue weighted by Gasteiger charge is -2.07. The quantitative estimate of drug-likeness (QED) is 0.918. The van der Waals surface area contributed by atoms with E-state index in [2.05, 4.69) is 0 Å². The first kappa shape index (κ1) is 15.8. The third kappa shape index (κ3) is 3.75. The van der Waals surface area contributed by atoms with Crippen LogP contribution >= 0.6 is 23.2 Å². The van der Waals surface area contributed by atoms with Gasteiger partial charge in [-0.1, -0.05) is 29.3 Å². The van der Waals surface area contributed by atoms with Gasteiger partial charge >= 0.3 is 5.97 Å². The van der Waals surface area contributed by atoms with Crippen LogP contribution in [-0.4, -0.2) is 19.5 Å². The Hall–Kier alpha value is -1.56. The summed E-state index contributed by atoms with van der Waals surface area (Å²) in [6, 6.07) is 9.73. The number of aromatic carboxylic acids is 1. The fourth-order valence-corrected chi connectivity index (χ4v) is 3.63. The van der Waals surface area contributed by atoms with Crippen LogP contribution in [0.25, 0.3) is 0 Å². The Morgan fingerprint density at radius 3 is 2.48 bits per heavy atom. The lowest BCUT2D eigenvalue weighted by molar-refractivity contribution is 0.0696. The molecule has 0 spiro atoms. The lowest BCUT2D eigenvalue weighted by atomic mass is 10.2. The number of carbonyl (C=O) groups is 1. The van der Waals surface area contributed by atoms with E-state index in [0.29, 0.717) is 10.6 Å². The largest absolute Gasteiger partial charge is 0.478 e. The van der Waals surface area contributed by atoms with Gasteiger partial charge in [0, 0.05) is 10.0 Å². The zero-order valence-electron chi connectivity index (χ0n) is 10.6. The molecule has 21 heavy (non-hydrogen) atoms. The highest BCUT2D eigenvalue weighted by Crippen LogP contribution is 2.25. The number of sulfone groups is 1. The normalized spacial score (nSPS) is 11.3. The summed E-state index contributed by atoms with van der Waals surface area (Å²) in [7, 11) is -3.72. The molecule has 0 radical (unpaired) electrons. The molecule has 0 aliphatic heterocycles. The van der Waals surface area contributed by atoms with Crippen LogP contribution in [0, 0.1) is 0 Å². The Morgan fingerprint density at radius 1 is 1.10 bits per heavy atom. The molecule has 0 amide bonds. The minimum atomic E-state index is -3.72. The molecular weight excluding hydrogens is 335 g/mol. The maximum Gasteiger partial charge on any atom is 0.335 e. The van der Waals surface area contributed by atoms with Crippen LogP contribution in [0.1, 0.15) is 15.9 Å². The molecule has 0 fully saturated rings. The summed E-state index contributed by atoms with van der Waals surface area (Å²) in [5.74, 6) is -1.54. The smallest absolute Gasteiger partial charge is 0.335 e. The van der Waals surface area contributed by atoms with Gasteiger partial charge < -0.3 is 5.11 Å². The van der Waals surface area contributed by atoms with E-state index in [1.54, 1.807) is 6.07 Å². The van der Waals surface area contributed by atoms with E-state index < -0.39 is 15.8 Å². The summed E-state index contributed by atoms with van der Waals surface area (Å²) in [6.07, 6.45) is 0. The Kier molecular flexibility index (Phi) is 4.56. The molecule has 1 N–H and O–H groups in total. The summed E-state index contributed by atoms with van der Waals surface area (Å²) in [4.78, 5) is 10.8. The van der Waals surface area contributed by atoms with Crippen molar-refractivity contribution in [3.63, 3.8) is 0 Å². The fourth-order valence-electron chi connectivity index (χ4n) is 1.76. The van der Waals surface area contributed by atoms with Crippen molar-refractivity contribution in [2.75, 3.05) is 0 Å². The van der Waals surface area contributed by atoms with Crippen molar-refractivity contribution in [3.05, 3.63) is 63.6 Å². The van der Waals surface area contributed by atoms with Crippen LogP contribution in [0.3, 0.4) is 0 Å². The highest BCUT2D eigenvalue weighted by atomic mass is 35.5. The van der Waals surface area contributed by atoms with Crippen molar-refractivity contribution in [2.24, 2.45) is 0 Å². The fraction of sp³-hybridized carbons (Fsp3) is 0.0714. The summed E-state index contributed by atoms with van der Waals surface area (Å²) < 4.78 is 24.7. The van der Waals surface area contributed by atoms with Crippen LogP contribution in [0.2, 0.25) is 10.0 Å². The zero-order chi connectivity index (χ0) is 15.6. The van der Waals surface area contributed by atoms with Crippen LogP contribution in [-0.2, 0) is 15.6 Å². The number of rotatable bonds is 4. The highest BCUT2D eigenvalue weighted by Gasteiger charge is 2.19. The second-order valence-corrected chi connectivity index (χ2v) is 7.16. The number of carboxylic acids is 1. The molecule has 0 unspecified atom stereocenters. The third-order valence-electron chi connectivity index (χ3n) is 2.79.